The van der Waals surface area contributed by atoms with Crippen molar-refractivity contribution in [2.75, 3.05) is 39.9 Å². The van der Waals surface area contributed by atoms with Gasteiger partial charge in [-0.3, -0.25) is 14.4 Å². The topological polar surface area (TPSA) is 127 Å². The zero-order valence-corrected chi connectivity index (χ0v) is 33.8. The summed E-state index contributed by atoms with van der Waals surface area (Å²) in [5.41, 5.74) is -1.20. The molecule has 2 aliphatic rings. The molecule has 12 heteroatoms. The first kappa shape index (κ1) is 41.0. The summed E-state index contributed by atoms with van der Waals surface area (Å²) < 4.78 is 18.1. The molecule has 2 N–H and O–H groups in total. The van der Waals surface area contributed by atoms with Gasteiger partial charge in [-0.2, -0.15) is 0 Å². The summed E-state index contributed by atoms with van der Waals surface area (Å²) in [5, 5.41) is 5.54. The summed E-state index contributed by atoms with van der Waals surface area (Å²) in [5.74, 6) is -1.02. The number of amides is 4. The maximum Gasteiger partial charge on any atom is 0.408 e. The van der Waals surface area contributed by atoms with Crippen LogP contribution in [0.15, 0.2) is 60.7 Å². The number of carbonyl (C=O) groups excluding carboxylic acids is 4. The van der Waals surface area contributed by atoms with Crippen LogP contribution in [-0.2, 0) is 34.9 Å². The molecule has 11 nitrogen and oxygen atoms in total. The molecule has 2 saturated heterocycles. The highest BCUT2D eigenvalue weighted by Gasteiger charge is 2.56. The largest absolute Gasteiger partial charge is 0.444 e. The fourth-order valence-electron chi connectivity index (χ4n) is 6.71. The summed E-state index contributed by atoms with van der Waals surface area (Å²) in [6.45, 7) is 18.4. The van der Waals surface area contributed by atoms with Crippen LogP contribution in [0.25, 0.3) is 0 Å². The lowest BCUT2D eigenvalue weighted by atomic mass is 9.69. The van der Waals surface area contributed by atoms with E-state index in [0.717, 1.165) is 11.1 Å². The van der Waals surface area contributed by atoms with Crippen molar-refractivity contribution >= 4 is 32.1 Å². The van der Waals surface area contributed by atoms with Crippen molar-refractivity contribution in [1.82, 2.24) is 20.4 Å². The molecule has 286 valence electrons. The number of likely N-dealkylation sites (tertiary alicyclic amines) is 2. The number of carbonyl (C=O) groups is 4. The van der Waals surface area contributed by atoms with Gasteiger partial charge in [-0.15, -0.1) is 0 Å². The fraction of sp³-hybridized carbons (Fsp3) is 0.600. The molecule has 4 atom stereocenters. The van der Waals surface area contributed by atoms with Crippen LogP contribution in [-0.4, -0.2) is 99.0 Å². The van der Waals surface area contributed by atoms with Gasteiger partial charge in [0.05, 0.1) is 25.2 Å². The number of piperidine rings is 1. The van der Waals surface area contributed by atoms with Crippen molar-refractivity contribution in [3.63, 3.8) is 0 Å². The average molecular weight is 737 g/mol. The summed E-state index contributed by atoms with van der Waals surface area (Å²) >= 11 is 0. The van der Waals surface area contributed by atoms with Gasteiger partial charge < -0.3 is 34.3 Å². The third kappa shape index (κ3) is 9.81. The molecule has 1 spiro atoms. The molecule has 4 rings (SSSR count). The van der Waals surface area contributed by atoms with E-state index in [1.54, 1.807) is 37.5 Å². The van der Waals surface area contributed by atoms with Crippen molar-refractivity contribution in [2.24, 2.45) is 5.41 Å². The average Bonchev–Trinajstić information content (AvgIpc) is 3.30. The Morgan fingerprint density at radius 1 is 0.962 bits per heavy atom. The molecular weight excluding hydrogens is 677 g/mol. The smallest absolute Gasteiger partial charge is 0.408 e. The Hall–Kier alpha value is -3.74. The highest BCUT2D eigenvalue weighted by molar-refractivity contribution is 6.74. The molecule has 0 saturated carbocycles. The monoisotopic (exact) mass is 736 g/mol. The van der Waals surface area contributed by atoms with Crippen LogP contribution in [0.1, 0.15) is 78.4 Å². The number of hydrogen-bond acceptors (Lipinski definition) is 7. The molecule has 2 aromatic carbocycles. The fourth-order valence-corrected chi connectivity index (χ4v) is 7.79. The minimum atomic E-state index is -2.38. The lowest BCUT2D eigenvalue weighted by Crippen LogP contribution is -2.65. The van der Waals surface area contributed by atoms with Crippen molar-refractivity contribution in [3.05, 3.63) is 71.8 Å². The van der Waals surface area contributed by atoms with Crippen LogP contribution in [0, 0.1) is 5.41 Å². The van der Waals surface area contributed by atoms with Gasteiger partial charge in [0, 0.05) is 32.6 Å². The first-order chi connectivity index (χ1) is 24.2. The lowest BCUT2D eigenvalue weighted by Gasteiger charge is -2.43. The van der Waals surface area contributed by atoms with Gasteiger partial charge in [-0.05, 0) is 69.8 Å². The van der Waals surface area contributed by atoms with Crippen LogP contribution < -0.4 is 10.6 Å². The Kier molecular flexibility index (Phi) is 12.7. The minimum absolute atomic E-state index is 0.0247. The van der Waals surface area contributed by atoms with E-state index < -0.39 is 42.9 Å². The number of alkyl carbamates (subject to hydrolysis) is 1. The number of hydrogen-bond donors (Lipinski definition) is 2. The number of rotatable bonds is 12. The predicted molar refractivity (Wildman–Crippen MR) is 204 cm³/mol. The lowest BCUT2D eigenvalue weighted by molar-refractivity contribution is -0.147. The van der Waals surface area contributed by atoms with Gasteiger partial charge in [0.2, 0.25) is 17.7 Å². The second-order valence-electron chi connectivity index (χ2n) is 17.2. The number of likely N-dealkylation sites (N-methyl/N-ethyl adjacent to an activating group) is 1. The highest BCUT2D eigenvalue weighted by Crippen LogP contribution is 2.49. The molecule has 2 fully saturated rings. The Bertz CT molecular complexity index is 1560. The van der Waals surface area contributed by atoms with Crippen LogP contribution in [0.4, 0.5) is 4.79 Å². The molecule has 0 bridgehead atoms. The molecule has 2 heterocycles. The zero-order valence-electron chi connectivity index (χ0n) is 32.8. The standard InChI is InChI=1S/C40H60N4O7Si/c1-37(2,3)51-36(48)42-39(7,28-50-52(9,10)38(4,5)6)34(46)41-32(26-49-25-29-18-13-11-14-19-29)33(45)44-23-17-22-40(27-44)31(24-43(8)35(40)47)30-20-15-12-16-21-30/h11-16,18-21,31-32H,17,22-28H2,1-10H3,(H,41,46)(H,42,48)/t31?,32-,39?,40?/m1/s1. The number of ether oxygens (including phenoxy) is 2. The van der Waals surface area contributed by atoms with Crippen molar-refractivity contribution in [3.8, 4) is 0 Å². The van der Waals surface area contributed by atoms with Gasteiger partial charge in [-0.1, -0.05) is 81.4 Å². The van der Waals surface area contributed by atoms with Crippen molar-refractivity contribution in [1.29, 1.82) is 0 Å². The molecule has 0 aliphatic carbocycles. The first-order valence-corrected chi connectivity index (χ1v) is 21.3. The third-order valence-corrected chi connectivity index (χ3v) is 15.2. The molecule has 0 aromatic heterocycles. The van der Waals surface area contributed by atoms with E-state index >= 15 is 0 Å². The summed E-state index contributed by atoms with van der Waals surface area (Å²) in [6.07, 6.45) is 0.517. The molecular formula is C40H60N4O7Si. The molecule has 4 amide bonds. The summed E-state index contributed by atoms with van der Waals surface area (Å²) in [7, 11) is -0.561. The van der Waals surface area contributed by atoms with Crippen molar-refractivity contribution in [2.45, 2.75) is 109 Å². The van der Waals surface area contributed by atoms with Crippen LogP contribution in [0.2, 0.25) is 18.1 Å². The third-order valence-electron chi connectivity index (χ3n) is 10.7. The van der Waals surface area contributed by atoms with Gasteiger partial charge in [0.15, 0.2) is 8.32 Å². The van der Waals surface area contributed by atoms with E-state index in [2.05, 4.69) is 44.5 Å². The molecule has 3 unspecified atom stereocenters. The quantitative estimate of drug-likeness (QED) is 0.262. The molecule has 2 aliphatic heterocycles. The van der Waals surface area contributed by atoms with E-state index in [4.69, 9.17) is 13.9 Å². The Morgan fingerprint density at radius 3 is 2.17 bits per heavy atom. The Labute approximate surface area is 311 Å². The normalized spacial score (nSPS) is 21.4. The van der Waals surface area contributed by atoms with E-state index in [0.29, 0.717) is 25.9 Å². The first-order valence-electron chi connectivity index (χ1n) is 18.3. The number of benzene rings is 2. The van der Waals surface area contributed by atoms with Crippen LogP contribution >= 0.6 is 0 Å². The number of nitrogens with one attached hydrogen (secondary N) is 2. The zero-order chi connectivity index (χ0) is 38.5. The van der Waals surface area contributed by atoms with Gasteiger partial charge in [0.1, 0.15) is 17.2 Å². The SMILES string of the molecule is CN1CC(c2ccccc2)C2(CCCN(C(=O)[C@@H](COCc3ccccc3)NC(=O)C(C)(CO[Si](C)(C)C(C)(C)C)NC(=O)OC(C)(C)C)C2)C1=O. The summed E-state index contributed by atoms with van der Waals surface area (Å²) in [6, 6.07) is 18.5. The van der Waals surface area contributed by atoms with Crippen LogP contribution in [0.5, 0.6) is 0 Å². The van der Waals surface area contributed by atoms with Crippen molar-refractivity contribution < 1.29 is 33.1 Å². The van der Waals surface area contributed by atoms with Gasteiger partial charge in [0.25, 0.3) is 0 Å². The maximum absolute atomic E-state index is 14.6. The molecule has 0 radical (unpaired) electrons. The molecule has 2 aromatic rings. The highest BCUT2D eigenvalue weighted by atomic mass is 28.4. The van der Waals surface area contributed by atoms with Gasteiger partial charge in [-0.25, -0.2) is 4.79 Å². The van der Waals surface area contributed by atoms with E-state index in [1.807, 2.05) is 67.7 Å². The van der Waals surface area contributed by atoms with E-state index in [1.165, 1.54) is 0 Å². The van der Waals surface area contributed by atoms with E-state index in [9.17, 15) is 19.2 Å². The minimum Gasteiger partial charge on any atom is -0.444 e. The summed E-state index contributed by atoms with van der Waals surface area (Å²) in [4.78, 5) is 59.5. The molecule has 52 heavy (non-hydrogen) atoms. The Balaban J connectivity index is 1.63. The number of nitrogens with zero attached hydrogens (tertiary/aromatic N) is 2. The second-order valence-corrected chi connectivity index (χ2v) is 22.0. The predicted octanol–water partition coefficient (Wildman–Crippen LogP) is 5.86. The van der Waals surface area contributed by atoms with Gasteiger partial charge >= 0.3 is 6.09 Å². The Morgan fingerprint density at radius 2 is 1.58 bits per heavy atom. The van der Waals surface area contributed by atoms with E-state index in [-0.39, 0.29) is 49.1 Å². The van der Waals surface area contributed by atoms with Crippen LogP contribution in [0.3, 0.4) is 0 Å². The maximum atomic E-state index is 14.6. The second kappa shape index (κ2) is 16.1.